The van der Waals surface area contributed by atoms with Crippen LogP contribution in [0, 0.1) is 12.7 Å². The highest BCUT2D eigenvalue weighted by molar-refractivity contribution is 7.92. The average Bonchev–Trinajstić information content (AvgIpc) is 2.80. The Morgan fingerprint density at radius 1 is 1.00 bits per heavy atom. The zero-order valence-corrected chi connectivity index (χ0v) is 18.2. The number of para-hydroxylation sites is 1. The molecular weight excluding hydrogens is 449 g/mol. The standard InChI is InChI=1S/C23H18FN3O5S/c1-14-25-19-5-3-2-4-17(19)23(28)27(14)15-6-8-18(24)20(12-15)26-33(29,30)16-7-9-21-22(13-16)32-11-10-31-21/h2-9,12-13,26H,10-11H2,1H3. The number of benzene rings is 3. The summed E-state index contributed by atoms with van der Waals surface area (Å²) in [6.07, 6.45) is 0. The number of nitrogens with one attached hydrogen (secondary N) is 1. The lowest BCUT2D eigenvalue weighted by Crippen LogP contribution is -2.22. The molecule has 1 N–H and O–H groups in total. The van der Waals surface area contributed by atoms with Gasteiger partial charge in [0.2, 0.25) is 0 Å². The maximum atomic E-state index is 14.6. The first-order valence-corrected chi connectivity index (χ1v) is 11.5. The molecule has 4 aromatic rings. The van der Waals surface area contributed by atoms with Crippen molar-refractivity contribution in [3.63, 3.8) is 0 Å². The minimum atomic E-state index is -4.15. The Hall–Kier alpha value is -3.92. The van der Waals surface area contributed by atoms with Crippen molar-refractivity contribution in [2.75, 3.05) is 17.9 Å². The zero-order chi connectivity index (χ0) is 23.2. The van der Waals surface area contributed by atoms with Crippen LogP contribution in [0.4, 0.5) is 10.1 Å². The number of rotatable bonds is 4. The second-order valence-corrected chi connectivity index (χ2v) is 9.07. The predicted molar refractivity (Wildman–Crippen MR) is 120 cm³/mol. The van der Waals surface area contributed by atoms with Crippen LogP contribution >= 0.6 is 0 Å². The number of anilines is 1. The predicted octanol–water partition coefficient (Wildman–Crippen LogP) is 3.41. The summed E-state index contributed by atoms with van der Waals surface area (Å²) in [6, 6.07) is 14.8. The second kappa shape index (κ2) is 7.89. The Kier molecular flexibility index (Phi) is 5.01. The first-order valence-electron chi connectivity index (χ1n) is 10.0. The Labute approximate surface area is 188 Å². The Morgan fingerprint density at radius 2 is 1.76 bits per heavy atom. The van der Waals surface area contributed by atoms with Gasteiger partial charge in [0.25, 0.3) is 15.6 Å². The summed E-state index contributed by atoms with van der Waals surface area (Å²) >= 11 is 0. The summed E-state index contributed by atoms with van der Waals surface area (Å²) in [4.78, 5) is 17.4. The van der Waals surface area contributed by atoms with E-state index in [-0.39, 0.29) is 21.8 Å². The Balaban J connectivity index is 1.55. The van der Waals surface area contributed by atoms with Crippen molar-refractivity contribution in [1.29, 1.82) is 0 Å². The van der Waals surface area contributed by atoms with Gasteiger partial charge >= 0.3 is 0 Å². The molecule has 3 aromatic carbocycles. The lowest BCUT2D eigenvalue weighted by Gasteiger charge is -2.19. The monoisotopic (exact) mass is 467 g/mol. The molecule has 0 spiro atoms. The van der Waals surface area contributed by atoms with Crippen molar-refractivity contribution in [2.45, 2.75) is 11.8 Å². The Bertz CT molecular complexity index is 1570. The third-order valence-electron chi connectivity index (χ3n) is 5.22. The zero-order valence-electron chi connectivity index (χ0n) is 17.4. The maximum absolute atomic E-state index is 14.6. The molecule has 2 heterocycles. The van der Waals surface area contributed by atoms with Gasteiger partial charge in [-0.1, -0.05) is 12.1 Å². The summed E-state index contributed by atoms with van der Waals surface area (Å²) in [6.45, 7) is 2.32. The fraction of sp³-hybridized carbons (Fsp3) is 0.130. The molecule has 0 bridgehead atoms. The molecule has 33 heavy (non-hydrogen) atoms. The molecule has 10 heteroatoms. The van der Waals surface area contributed by atoms with Gasteiger partial charge in [-0.25, -0.2) is 17.8 Å². The van der Waals surface area contributed by atoms with Crippen molar-refractivity contribution < 1.29 is 22.3 Å². The number of aromatic nitrogens is 2. The van der Waals surface area contributed by atoms with Crippen molar-refractivity contribution in [1.82, 2.24) is 9.55 Å². The molecule has 168 valence electrons. The molecule has 1 aliphatic heterocycles. The van der Waals surface area contributed by atoms with Crippen LogP contribution < -0.4 is 19.8 Å². The number of ether oxygens (including phenoxy) is 2. The van der Waals surface area contributed by atoms with Crippen LogP contribution in [0.2, 0.25) is 0 Å². The summed E-state index contributed by atoms with van der Waals surface area (Å²) in [7, 11) is -4.15. The van der Waals surface area contributed by atoms with Crippen molar-refractivity contribution in [3.8, 4) is 17.2 Å². The second-order valence-electron chi connectivity index (χ2n) is 7.39. The summed E-state index contributed by atoms with van der Waals surface area (Å²) < 4.78 is 54.9. The number of aryl methyl sites for hydroxylation is 1. The molecule has 0 fully saturated rings. The van der Waals surface area contributed by atoms with Crippen LogP contribution in [0.3, 0.4) is 0 Å². The third-order valence-corrected chi connectivity index (χ3v) is 6.58. The number of hydrogen-bond acceptors (Lipinski definition) is 6. The van der Waals surface area contributed by atoms with Gasteiger partial charge in [0.1, 0.15) is 24.9 Å². The van der Waals surface area contributed by atoms with Crippen LogP contribution in [0.1, 0.15) is 5.82 Å². The summed E-state index contributed by atoms with van der Waals surface area (Å²) in [5, 5.41) is 0.394. The van der Waals surface area contributed by atoms with E-state index in [1.165, 1.54) is 34.9 Å². The van der Waals surface area contributed by atoms with Crippen LogP contribution in [-0.4, -0.2) is 31.2 Å². The van der Waals surface area contributed by atoms with Crippen LogP contribution in [0.15, 0.2) is 70.4 Å². The van der Waals surface area contributed by atoms with E-state index in [2.05, 4.69) is 9.71 Å². The van der Waals surface area contributed by atoms with Crippen LogP contribution in [-0.2, 0) is 10.0 Å². The lowest BCUT2D eigenvalue weighted by molar-refractivity contribution is 0.171. The molecule has 0 aliphatic carbocycles. The molecule has 8 nitrogen and oxygen atoms in total. The summed E-state index contributed by atoms with van der Waals surface area (Å²) in [5.74, 6) is 0.320. The maximum Gasteiger partial charge on any atom is 0.265 e. The number of nitrogens with zero attached hydrogens (tertiary/aromatic N) is 2. The van der Waals surface area contributed by atoms with Gasteiger partial charge in [-0.2, -0.15) is 0 Å². The first-order chi connectivity index (χ1) is 15.8. The highest BCUT2D eigenvalue weighted by atomic mass is 32.2. The quantitative estimate of drug-likeness (QED) is 0.494. The van der Waals surface area contributed by atoms with Gasteiger partial charge in [0, 0.05) is 6.07 Å². The SMILES string of the molecule is Cc1nc2ccccc2c(=O)n1-c1ccc(F)c(NS(=O)(=O)c2ccc3c(c2)OCCO3)c1. The average molecular weight is 467 g/mol. The molecule has 0 radical (unpaired) electrons. The topological polar surface area (TPSA) is 99.5 Å². The molecular formula is C23H18FN3O5S. The minimum Gasteiger partial charge on any atom is -0.486 e. The largest absolute Gasteiger partial charge is 0.486 e. The van der Waals surface area contributed by atoms with E-state index in [4.69, 9.17) is 9.47 Å². The molecule has 0 saturated heterocycles. The first kappa shape index (κ1) is 21.0. The minimum absolute atomic E-state index is 0.114. The molecule has 1 aliphatic rings. The van der Waals surface area contributed by atoms with Gasteiger partial charge in [-0.05, 0) is 49.4 Å². The molecule has 0 amide bonds. The van der Waals surface area contributed by atoms with Crippen molar-refractivity contribution in [3.05, 3.63) is 82.7 Å². The summed E-state index contributed by atoms with van der Waals surface area (Å²) in [5.41, 5.74) is 0.169. The number of halogens is 1. The smallest absolute Gasteiger partial charge is 0.265 e. The van der Waals surface area contributed by atoms with Crippen molar-refractivity contribution >= 4 is 26.6 Å². The number of sulfonamides is 1. The van der Waals surface area contributed by atoms with Crippen LogP contribution in [0.25, 0.3) is 16.6 Å². The molecule has 0 unspecified atom stereocenters. The number of hydrogen-bond donors (Lipinski definition) is 1. The van der Waals surface area contributed by atoms with E-state index < -0.39 is 15.8 Å². The highest BCUT2D eigenvalue weighted by Gasteiger charge is 2.21. The molecule has 0 atom stereocenters. The van der Waals surface area contributed by atoms with E-state index in [1.807, 2.05) is 0 Å². The van der Waals surface area contributed by atoms with Crippen molar-refractivity contribution in [2.24, 2.45) is 0 Å². The van der Waals surface area contributed by atoms with Gasteiger partial charge in [-0.3, -0.25) is 14.1 Å². The molecule has 0 saturated carbocycles. The van der Waals surface area contributed by atoms with E-state index in [1.54, 1.807) is 31.2 Å². The lowest BCUT2D eigenvalue weighted by atomic mass is 10.2. The van der Waals surface area contributed by atoms with E-state index in [0.29, 0.717) is 41.4 Å². The van der Waals surface area contributed by atoms with E-state index >= 15 is 0 Å². The van der Waals surface area contributed by atoms with Gasteiger partial charge < -0.3 is 9.47 Å². The third kappa shape index (κ3) is 3.78. The van der Waals surface area contributed by atoms with E-state index in [0.717, 1.165) is 6.07 Å². The van der Waals surface area contributed by atoms with Gasteiger partial charge in [-0.15, -0.1) is 0 Å². The van der Waals surface area contributed by atoms with Gasteiger partial charge in [0.05, 0.1) is 27.2 Å². The van der Waals surface area contributed by atoms with Crippen LogP contribution in [0.5, 0.6) is 11.5 Å². The fourth-order valence-corrected chi connectivity index (χ4v) is 4.75. The normalized spacial score (nSPS) is 13.2. The van der Waals surface area contributed by atoms with E-state index in [9.17, 15) is 17.6 Å². The highest BCUT2D eigenvalue weighted by Crippen LogP contribution is 2.33. The molecule has 1 aromatic heterocycles. The molecule has 5 rings (SSSR count). The fourth-order valence-electron chi connectivity index (χ4n) is 3.67. The van der Waals surface area contributed by atoms with Gasteiger partial charge in [0.15, 0.2) is 11.5 Å². The Morgan fingerprint density at radius 3 is 2.58 bits per heavy atom. The number of fused-ring (bicyclic) bond motifs is 2.